The highest BCUT2D eigenvalue weighted by atomic mass is 35.5. The molecule has 0 aliphatic rings. The fourth-order valence-electron chi connectivity index (χ4n) is 2.10. The van der Waals surface area contributed by atoms with Crippen LogP contribution in [0, 0.1) is 6.92 Å². The van der Waals surface area contributed by atoms with Crippen molar-refractivity contribution in [2.45, 2.75) is 13.5 Å². The van der Waals surface area contributed by atoms with E-state index >= 15 is 0 Å². The van der Waals surface area contributed by atoms with Crippen LogP contribution in [0.1, 0.15) is 11.1 Å². The zero-order valence-electron chi connectivity index (χ0n) is 12.8. The number of rotatable bonds is 5. The number of aromatic nitrogens is 2. The van der Waals surface area contributed by atoms with E-state index in [2.05, 4.69) is 51.8 Å². The number of halogens is 1. The van der Waals surface area contributed by atoms with E-state index in [1.165, 1.54) is 11.1 Å². The Bertz CT molecular complexity index is 787. The van der Waals surface area contributed by atoms with Gasteiger partial charge in [0.05, 0.1) is 10.7 Å². The SMILES string of the molecule is Cc1ccc(CNc2ccnc(Nc3ccccc3Cl)n2)cc1. The average Bonchev–Trinajstić information content (AvgIpc) is 2.57. The van der Waals surface area contributed by atoms with E-state index in [1.54, 1.807) is 6.20 Å². The lowest BCUT2D eigenvalue weighted by atomic mass is 10.1. The summed E-state index contributed by atoms with van der Waals surface area (Å²) in [5.74, 6) is 1.27. The summed E-state index contributed by atoms with van der Waals surface area (Å²) in [5.41, 5.74) is 3.24. The van der Waals surface area contributed by atoms with Crippen LogP contribution >= 0.6 is 11.6 Å². The highest BCUT2D eigenvalue weighted by molar-refractivity contribution is 6.33. The molecule has 0 saturated carbocycles. The quantitative estimate of drug-likeness (QED) is 0.708. The molecule has 5 heteroatoms. The molecular formula is C18H17ClN4. The Balaban J connectivity index is 1.67. The van der Waals surface area contributed by atoms with Crippen LogP contribution in [0.3, 0.4) is 0 Å². The number of nitrogens with zero attached hydrogens (tertiary/aromatic N) is 2. The van der Waals surface area contributed by atoms with Crippen LogP contribution in [0.25, 0.3) is 0 Å². The Labute approximate surface area is 140 Å². The zero-order chi connectivity index (χ0) is 16.1. The average molecular weight is 325 g/mol. The predicted octanol–water partition coefficient (Wildman–Crippen LogP) is 4.79. The molecule has 2 N–H and O–H groups in total. The van der Waals surface area contributed by atoms with E-state index in [4.69, 9.17) is 11.6 Å². The topological polar surface area (TPSA) is 49.8 Å². The predicted molar refractivity (Wildman–Crippen MR) is 95.3 cm³/mol. The van der Waals surface area contributed by atoms with Crippen molar-refractivity contribution < 1.29 is 0 Å². The van der Waals surface area contributed by atoms with Crippen molar-refractivity contribution in [3.05, 3.63) is 76.9 Å². The van der Waals surface area contributed by atoms with E-state index in [9.17, 15) is 0 Å². The Morgan fingerprint density at radius 1 is 1.00 bits per heavy atom. The van der Waals surface area contributed by atoms with Gasteiger partial charge in [-0.25, -0.2) is 4.98 Å². The van der Waals surface area contributed by atoms with Gasteiger partial charge in [-0.15, -0.1) is 0 Å². The summed E-state index contributed by atoms with van der Waals surface area (Å²) in [6.45, 7) is 2.79. The smallest absolute Gasteiger partial charge is 0.229 e. The summed E-state index contributed by atoms with van der Waals surface area (Å²) in [4.78, 5) is 8.67. The summed E-state index contributed by atoms with van der Waals surface area (Å²) in [5, 5.41) is 7.05. The second-order valence-electron chi connectivity index (χ2n) is 5.21. The third-order valence-corrected chi connectivity index (χ3v) is 3.70. The van der Waals surface area contributed by atoms with Crippen LogP contribution in [0.15, 0.2) is 60.8 Å². The minimum Gasteiger partial charge on any atom is -0.366 e. The molecule has 0 amide bonds. The summed E-state index contributed by atoms with van der Waals surface area (Å²) in [6, 6.07) is 17.7. The lowest BCUT2D eigenvalue weighted by molar-refractivity contribution is 1.08. The van der Waals surface area contributed by atoms with Gasteiger partial charge < -0.3 is 10.6 Å². The van der Waals surface area contributed by atoms with Crippen molar-refractivity contribution in [3.8, 4) is 0 Å². The van der Waals surface area contributed by atoms with Crippen LogP contribution < -0.4 is 10.6 Å². The number of anilines is 3. The molecule has 23 heavy (non-hydrogen) atoms. The van der Waals surface area contributed by atoms with E-state index in [0.717, 1.165) is 11.5 Å². The lowest BCUT2D eigenvalue weighted by Gasteiger charge is -2.09. The summed E-state index contributed by atoms with van der Waals surface area (Å²) in [6.07, 6.45) is 1.71. The summed E-state index contributed by atoms with van der Waals surface area (Å²) in [7, 11) is 0. The highest BCUT2D eigenvalue weighted by Gasteiger charge is 2.03. The number of aryl methyl sites for hydroxylation is 1. The molecule has 4 nitrogen and oxygen atoms in total. The minimum absolute atomic E-state index is 0.506. The first-order chi connectivity index (χ1) is 11.2. The van der Waals surface area contributed by atoms with E-state index in [1.807, 2.05) is 30.3 Å². The van der Waals surface area contributed by atoms with Gasteiger partial charge in [0.1, 0.15) is 5.82 Å². The maximum atomic E-state index is 6.13. The van der Waals surface area contributed by atoms with Gasteiger partial charge in [-0.1, -0.05) is 53.6 Å². The van der Waals surface area contributed by atoms with Crippen LogP contribution in [0.5, 0.6) is 0 Å². The van der Waals surface area contributed by atoms with Crippen molar-refractivity contribution >= 4 is 29.1 Å². The van der Waals surface area contributed by atoms with E-state index in [-0.39, 0.29) is 0 Å². The Morgan fingerprint density at radius 3 is 2.57 bits per heavy atom. The van der Waals surface area contributed by atoms with Crippen molar-refractivity contribution in [1.82, 2.24) is 9.97 Å². The van der Waals surface area contributed by atoms with Gasteiger partial charge in [0.25, 0.3) is 0 Å². The molecule has 0 aliphatic carbocycles. The van der Waals surface area contributed by atoms with Gasteiger partial charge in [-0.2, -0.15) is 4.98 Å². The molecular weight excluding hydrogens is 308 g/mol. The molecule has 2 aromatic carbocycles. The molecule has 3 aromatic rings. The third kappa shape index (κ3) is 4.20. The van der Waals surface area contributed by atoms with E-state index in [0.29, 0.717) is 17.5 Å². The molecule has 0 spiro atoms. The number of hydrogen-bond donors (Lipinski definition) is 2. The van der Waals surface area contributed by atoms with Crippen molar-refractivity contribution in [2.75, 3.05) is 10.6 Å². The molecule has 0 fully saturated rings. The lowest BCUT2D eigenvalue weighted by Crippen LogP contribution is -2.04. The molecule has 3 rings (SSSR count). The maximum absolute atomic E-state index is 6.13. The van der Waals surface area contributed by atoms with Crippen molar-refractivity contribution in [1.29, 1.82) is 0 Å². The molecule has 1 aromatic heterocycles. The zero-order valence-corrected chi connectivity index (χ0v) is 13.5. The molecule has 1 heterocycles. The first kappa shape index (κ1) is 15.3. The Hall–Kier alpha value is -2.59. The molecule has 0 unspecified atom stereocenters. The molecule has 116 valence electrons. The van der Waals surface area contributed by atoms with E-state index < -0.39 is 0 Å². The van der Waals surface area contributed by atoms with Crippen molar-refractivity contribution in [3.63, 3.8) is 0 Å². The molecule has 0 radical (unpaired) electrons. The first-order valence-corrected chi connectivity index (χ1v) is 7.72. The van der Waals surface area contributed by atoms with Crippen molar-refractivity contribution in [2.24, 2.45) is 0 Å². The normalized spacial score (nSPS) is 10.3. The van der Waals surface area contributed by atoms with Gasteiger partial charge in [-0.3, -0.25) is 0 Å². The first-order valence-electron chi connectivity index (χ1n) is 7.35. The second-order valence-corrected chi connectivity index (χ2v) is 5.62. The maximum Gasteiger partial charge on any atom is 0.229 e. The fraction of sp³-hybridized carbons (Fsp3) is 0.111. The van der Waals surface area contributed by atoms with Crippen LogP contribution in [-0.2, 0) is 6.54 Å². The summed E-state index contributed by atoms with van der Waals surface area (Å²) >= 11 is 6.13. The van der Waals surface area contributed by atoms with Crippen LogP contribution in [0.4, 0.5) is 17.5 Å². The highest BCUT2D eigenvalue weighted by Crippen LogP contribution is 2.23. The standard InChI is InChI=1S/C18H17ClN4/c1-13-6-8-14(9-7-13)12-21-17-10-11-20-18(23-17)22-16-5-3-2-4-15(16)19/h2-11H,12H2,1H3,(H2,20,21,22,23). The number of hydrogen-bond acceptors (Lipinski definition) is 4. The number of nitrogens with one attached hydrogen (secondary N) is 2. The largest absolute Gasteiger partial charge is 0.366 e. The van der Waals surface area contributed by atoms with Gasteiger partial charge in [0.15, 0.2) is 0 Å². The van der Waals surface area contributed by atoms with Gasteiger partial charge >= 0.3 is 0 Å². The van der Waals surface area contributed by atoms with Crippen LogP contribution in [-0.4, -0.2) is 9.97 Å². The minimum atomic E-state index is 0.506. The Kier molecular flexibility index (Phi) is 4.74. The molecule has 0 aliphatic heterocycles. The molecule has 0 saturated heterocycles. The monoisotopic (exact) mass is 324 g/mol. The molecule has 0 atom stereocenters. The fourth-order valence-corrected chi connectivity index (χ4v) is 2.28. The third-order valence-electron chi connectivity index (χ3n) is 3.37. The molecule has 0 bridgehead atoms. The van der Waals surface area contributed by atoms with Crippen LogP contribution in [0.2, 0.25) is 5.02 Å². The number of benzene rings is 2. The summed E-state index contributed by atoms with van der Waals surface area (Å²) < 4.78 is 0. The van der Waals surface area contributed by atoms with Gasteiger partial charge in [0, 0.05) is 12.7 Å². The van der Waals surface area contributed by atoms with Gasteiger partial charge in [-0.05, 0) is 30.7 Å². The Morgan fingerprint density at radius 2 is 1.78 bits per heavy atom. The van der Waals surface area contributed by atoms with Gasteiger partial charge in [0.2, 0.25) is 5.95 Å². The second kappa shape index (κ2) is 7.11. The number of para-hydroxylation sites is 1.